The van der Waals surface area contributed by atoms with Crippen molar-refractivity contribution in [1.29, 1.82) is 0 Å². The van der Waals surface area contributed by atoms with Gasteiger partial charge in [0.05, 0.1) is 11.6 Å². The first-order valence-corrected chi connectivity index (χ1v) is 6.31. The molecule has 0 aliphatic carbocycles. The van der Waals surface area contributed by atoms with Crippen LogP contribution in [0.3, 0.4) is 0 Å². The molecule has 5 heteroatoms. The largest absolute Gasteiger partial charge is 0.453 e. The van der Waals surface area contributed by atoms with Crippen molar-refractivity contribution in [3.8, 4) is 0 Å². The van der Waals surface area contributed by atoms with Gasteiger partial charge in [0.2, 0.25) is 0 Å². The van der Waals surface area contributed by atoms with Crippen molar-refractivity contribution in [2.75, 3.05) is 0 Å². The molecular weight excluding hydrogens is 246 g/mol. The summed E-state index contributed by atoms with van der Waals surface area (Å²) in [6, 6.07) is 7.42. The zero-order valence-electron chi connectivity index (χ0n) is 11.0. The van der Waals surface area contributed by atoms with Crippen LogP contribution in [-0.4, -0.2) is 37.7 Å². The van der Waals surface area contributed by atoms with Crippen LogP contribution in [0.1, 0.15) is 30.6 Å². The highest BCUT2D eigenvalue weighted by Crippen LogP contribution is 2.36. The Hall–Kier alpha value is -1.36. The van der Waals surface area contributed by atoms with Gasteiger partial charge >= 0.3 is 5.97 Å². The zero-order chi connectivity index (χ0) is 14.0. The molecule has 0 spiro atoms. The van der Waals surface area contributed by atoms with Gasteiger partial charge in [-0.05, 0) is 25.5 Å². The lowest BCUT2D eigenvalue weighted by Gasteiger charge is -2.29. The first-order chi connectivity index (χ1) is 8.98. The Morgan fingerprint density at radius 1 is 1.47 bits per heavy atom. The molecule has 1 aromatic carbocycles. The molecule has 1 unspecified atom stereocenters. The first kappa shape index (κ1) is 14.1. The minimum atomic E-state index is -1.52. The average molecular weight is 262 g/mol. The van der Waals surface area contributed by atoms with E-state index in [9.17, 15) is 9.18 Å². The number of halogens is 1. The third-order valence-corrected chi connectivity index (χ3v) is 3.56. The van der Waals surface area contributed by atoms with Crippen molar-refractivity contribution >= 4 is 13.8 Å². The Labute approximate surface area is 113 Å². The normalized spacial score (nSPS) is 34.2. The van der Waals surface area contributed by atoms with Gasteiger partial charge in [-0.3, -0.25) is 0 Å². The third-order valence-electron chi connectivity index (χ3n) is 3.56. The molecule has 0 saturated carbocycles. The van der Waals surface area contributed by atoms with Gasteiger partial charge < -0.3 is 9.47 Å². The molecule has 1 aromatic rings. The first-order valence-electron chi connectivity index (χ1n) is 6.31. The Morgan fingerprint density at radius 2 is 2.11 bits per heavy atom. The molecule has 1 saturated heterocycles. The molecule has 1 aliphatic rings. The summed E-state index contributed by atoms with van der Waals surface area (Å²) in [6.45, 7) is 3.55. The number of rotatable bonds is 3. The summed E-state index contributed by atoms with van der Waals surface area (Å²) >= 11 is 0. The van der Waals surface area contributed by atoms with Crippen LogP contribution in [0.2, 0.25) is 0 Å². The number of hydrogen-bond acceptors (Lipinski definition) is 3. The molecule has 2 radical (unpaired) electrons. The van der Waals surface area contributed by atoms with Crippen LogP contribution >= 0.6 is 0 Å². The molecule has 1 fully saturated rings. The molecule has 0 amide bonds. The van der Waals surface area contributed by atoms with Gasteiger partial charge in [0.1, 0.15) is 13.4 Å². The molecule has 1 heterocycles. The smallest absolute Gasteiger partial charge is 0.338 e. The summed E-state index contributed by atoms with van der Waals surface area (Å²) < 4.78 is 24.7. The van der Waals surface area contributed by atoms with Gasteiger partial charge in [-0.1, -0.05) is 25.1 Å². The topological polar surface area (TPSA) is 35.5 Å². The van der Waals surface area contributed by atoms with Crippen LogP contribution in [0, 0.1) is 0 Å². The van der Waals surface area contributed by atoms with Crippen molar-refractivity contribution in [3.05, 3.63) is 35.9 Å². The number of ether oxygens (including phenoxy) is 2. The molecule has 0 N–H and O–H groups in total. The number of hydrogen-bond donors (Lipinski definition) is 0. The predicted molar refractivity (Wildman–Crippen MR) is 69.9 cm³/mol. The monoisotopic (exact) mass is 262 g/mol. The Morgan fingerprint density at radius 3 is 2.68 bits per heavy atom. The van der Waals surface area contributed by atoms with Gasteiger partial charge in [-0.15, -0.1) is 0 Å². The van der Waals surface area contributed by atoms with E-state index in [4.69, 9.17) is 17.3 Å². The fourth-order valence-corrected chi connectivity index (χ4v) is 2.18. The lowest BCUT2D eigenvalue weighted by molar-refractivity contribution is -0.0671. The van der Waals surface area contributed by atoms with Crippen molar-refractivity contribution < 1.29 is 18.7 Å². The summed E-state index contributed by atoms with van der Waals surface area (Å²) in [4.78, 5) is 12.0. The summed E-state index contributed by atoms with van der Waals surface area (Å²) in [5.74, 6) is -0.564. The van der Waals surface area contributed by atoms with E-state index < -0.39 is 29.8 Å². The van der Waals surface area contributed by atoms with Gasteiger partial charge in [-0.25, -0.2) is 9.18 Å². The van der Waals surface area contributed by atoms with E-state index in [0.717, 1.165) is 0 Å². The van der Waals surface area contributed by atoms with Gasteiger partial charge in [0.25, 0.3) is 0 Å². The van der Waals surface area contributed by atoms with Crippen LogP contribution in [0.4, 0.5) is 4.39 Å². The van der Waals surface area contributed by atoms with Crippen molar-refractivity contribution in [2.45, 2.75) is 44.1 Å². The number of benzene rings is 1. The Bertz CT molecular complexity index is 453. The van der Waals surface area contributed by atoms with E-state index in [2.05, 4.69) is 0 Å². The lowest BCUT2D eigenvalue weighted by atomic mass is 9.89. The van der Waals surface area contributed by atoms with E-state index in [1.165, 1.54) is 0 Å². The minimum absolute atomic E-state index is 0.383. The second-order valence-electron chi connectivity index (χ2n) is 4.89. The fraction of sp³-hybridized carbons (Fsp3) is 0.500. The van der Waals surface area contributed by atoms with Crippen molar-refractivity contribution in [3.63, 3.8) is 0 Å². The van der Waals surface area contributed by atoms with Crippen LogP contribution in [-0.2, 0) is 9.47 Å². The SMILES string of the molecule is [B][C@@H]1O[C@@](C)(CC)C(OC(=O)c2ccccc2)[C@H]1F. The maximum atomic E-state index is 14.0. The Kier molecular flexibility index (Phi) is 3.95. The summed E-state index contributed by atoms with van der Waals surface area (Å²) in [7, 11) is 5.55. The molecule has 3 nitrogen and oxygen atoms in total. The third kappa shape index (κ3) is 2.66. The fourth-order valence-electron chi connectivity index (χ4n) is 2.18. The lowest BCUT2D eigenvalue weighted by Crippen LogP contribution is -2.42. The highest BCUT2D eigenvalue weighted by atomic mass is 19.1. The maximum absolute atomic E-state index is 14.0. The molecule has 19 heavy (non-hydrogen) atoms. The second kappa shape index (κ2) is 5.33. The van der Waals surface area contributed by atoms with E-state index >= 15 is 0 Å². The summed E-state index contributed by atoms with van der Waals surface area (Å²) in [5.41, 5.74) is -0.503. The summed E-state index contributed by atoms with van der Waals surface area (Å²) in [6.07, 6.45) is -1.99. The van der Waals surface area contributed by atoms with E-state index in [1.807, 2.05) is 6.92 Å². The van der Waals surface area contributed by atoms with Crippen LogP contribution in [0.15, 0.2) is 30.3 Å². The molecule has 2 rings (SSSR count). The quantitative estimate of drug-likeness (QED) is 0.619. The molecule has 1 aliphatic heterocycles. The van der Waals surface area contributed by atoms with Crippen molar-refractivity contribution in [2.24, 2.45) is 0 Å². The molecule has 100 valence electrons. The zero-order valence-corrected chi connectivity index (χ0v) is 11.0. The van der Waals surface area contributed by atoms with Crippen molar-refractivity contribution in [1.82, 2.24) is 0 Å². The van der Waals surface area contributed by atoms with Crippen LogP contribution in [0.25, 0.3) is 0 Å². The Balaban J connectivity index is 2.15. The maximum Gasteiger partial charge on any atom is 0.338 e. The van der Waals surface area contributed by atoms with E-state index in [0.29, 0.717) is 12.0 Å². The predicted octanol–water partition coefficient (Wildman–Crippen LogP) is 2.24. The number of carbonyl (C=O) groups is 1. The van der Waals surface area contributed by atoms with Crippen LogP contribution < -0.4 is 0 Å². The van der Waals surface area contributed by atoms with E-state index in [-0.39, 0.29) is 0 Å². The molecule has 0 aromatic heterocycles. The number of esters is 1. The van der Waals surface area contributed by atoms with Gasteiger partial charge in [0, 0.05) is 0 Å². The highest BCUT2D eigenvalue weighted by molar-refractivity contribution is 6.11. The molecular formula is C14H16BFO3. The van der Waals surface area contributed by atoms with Gasteiger partial charge in [0.15, 0.2) is 12.3 Å². The minimum Gasteiger partial charge on any atom is -0.453 e. The molecule has 4 atom stereocenters. The standard InChI is InChI=1S/C14H16BFO3/c1-3-14(2)11(10(16)12(15)19-14)18-13(17)9-7-5-4-6-8-9/h4-8,10-12H,3H2,1-2H3/t10-,11?,12-,14+/m1/s1. The van der Waals surface area contributed by atoms with E-state index in [1.54, 1.807) is 37.3 Å². The van der Waals surface area contributed by atoms with Crippen LogP contribution in [0.5, 0.6) is 0 Å². The average Bonchev–Trinajstić information content (AvgIpc) is 2.64. The molecule has 0 bridgehead atoms. The number of alkyl halides is 1. The van der Waals surface area contributed by atoms with Gasteiger partial charge in [-0.2, -0.15) is 0 Å². The highest BCUT2D eigenvalue weighted by Gasteiger charge is 2.52. The summed E-state index contributed by atoms with van der Waals surface area (Å²) in [5, 5.41) is 0. The number of carbonyl (C=O) groups excluding carboxylic acids is 1. The second-order valence-corrected chi connectivity index (χ2v) is 4.89.